The Morgan fingerprint density at radius 1 is 1.30 bits per heavy atom. The molecule has 6 heteroatoms. The summed E-state index contributed by atoms with van der Waals surface area (Å²) in [5.74, 6) is -0.396. The van der Waals surface area contributed by atoms with Gasteiger partial charge in [0.05, 0.1) is 12.1 Å². The van der Waals surface area contributed by atoms with Crippen LogP contribution in [0.15, 0.2) is 33.8 Å². The van der Waals surface area contributed by atoms with Crippen molar-refractivity contribution in [3.8, 4) is 0 Å². The van der Waals surface area contributed by atoms with E-state index in [1.165, 1.54) is 0 Å². The molecule has 0 heterocycles. The molecule has 0 aliphatic heterocycles. The number of hydrazone groups is 1. The summed E-state index contributed by atoms with van der Waals surface area (Å²) in [6.07, 6.45) is 0. The van der Waals surface area contributed by atoms with E-state index in [1.54, 1.807) is 18.2 Å². The minimum atomic E-state index is -0.356. The van der Waals surface area contributed by atoms with Crippen molar-refractivity contribution in [2.45, 2.75) is 20.8 Å². The van der Waals surface area contributed by atoms with Crippen molar-refractivity contribution in [1.29, 1.82) is 0 Å². The number of hydrogen-bond donors (Lipinski definition) is 2. The summed E-state index contributed by atoms with van der Waals surface area (Å²) in [6, 6.07) is 7.02. The number of nitrogens with one attached hydrogen (secondary N) is 2. The Bertz CT molecular complexity index is 527. The van der Waals surface area contributed by atoms with Crippen LogP contribution in [0.3, 0.4) is 0 Å². The van der Waals surface area contributed by atoms with Gasteiger partial charge in [-0.2, -0.15) is 5.10 Å². The highest BCUT2D eigenvalue weighted by Gasteiger charge is 2.10. The standard InChI is InChI=1S/C14H18BrN3O2/c1-9(2)10(3)17-18-13(19)8-16-14(20)11-6-4-5-7-12(11)15/h4-7,9H,8H2,1-3H3,(H,16,20)(H,18,19)/b17-10-. The van der Waals surface area contributed by atoms with Crippen molar-refractivity contribution < 1.29 is 9.59 Å². The van der Waals surface area contributed by atoms with Crippen LogP contribution in [0, 0.1) is 5.92 Å². The minimum Gasteiger partial charge on any atom is -0.343 e. The predicted octanol–water partition coefficient (Wildman–Crippen LogP) is 2.33. The molecule has 0 saturated carbocycles. The van der Waals surface area contributed by atoms with Gasteiger partial charge in [-0.05, 0) is 40.9 Å². The Hall–Kier alpha value is -1.69. The Morgan fingerprint density at radius 3 is 2.55 bits per heavy atom. The van der Waals surface area contributed by atoms with Crippen LogP contribution in [0.4, 0.5) is 0 Å². The Balaban J connectivity index is 2.48. The molecule has 0 spiro atoms. The fourth-order valence-corrected chi connectivity index (χ4v) is 1.69. The summed E-state index contributed by atoms with van der Waals surface area (Å²) in [4.78, 5) is 23.4. The number of halogens is 1. The van der Waals surface area contributed by atoms with Gasteiger partial charge in [0.1, 0.15) is 0 Å². The quantitative estimate of drug-likeness (QED) is 0.638. The molecule has 0 aliphatic rings. The molecule has 5 nitrogen and oxygen atoms in total. The zero-order valence-electron chi connectivity index (χ0n) is 11.7. The molecule has 0 aromatic heterocycles. The van der Waals surface area contributed by atoms with Crippen LogP contribution in [0.5, 0.6) is 0 Å². The van der Waals surface area contributed by atoms with Gasteiger partial charge < -0.3 is 5.32 Å². The fraction of sp³-hybridized carbons (Fsp3) is 0.357. The molecule has 2 N–H and O–H groups in total. The molecule has 0 atom stereocenters. The van der Waals surface area contributed by atoms with Gasteiger partial charge in [-0.15, -0.1) is 0 Å². The fourth-order valence-electron chi connectivity index (χ4n) is 1.22. The molecular weight excluding hydrogens is 322 g/mol. The van der Waals surface area contributed by atoms with E-state index in [0.29, 0.717) is 10.0 Å². The van der Waals surface area contributed by atoms with Gasteiger partial charge in [0, 0.05) is 10.2 Å². The largest absolute Gasteiger partial charge is 0.343 e. The van der Waals surface area contributed by atoms with Crippen LogP contribution in [0.1, 0.15) is 31.1 Å². The summed E-state index contributed by atoms with van der Waals surface area (Å²) in [7, 11) is 0. The number of amides is 2. The highest BCUT2D eigenvalue weighted by Crippen LogP contribution is 2.15. The molecule has 20 heavy (non-hydrogen) atoms. The number of nitrogens with zero attached hydrogens (tertiary/aromatic N) is 1. The van der Waals surface area contributed by atoms with Gasteiger partial charge >= 0.3 is 0 Å². The van der Waals surface area contributed by atoms with Gasteiger partial charge in [-0.3, -0.25) is 9.59 Å². The minimum absolute atomic E-state index is 0.116. The summed E-state index contributed by atoms with van der Waals surface area (Å²) in [5.41, 5.74) is 3.73. The Morgan fingerprint density at radius 2 is 1.95 bits per heavy atom. The first kappa shape index (κ1) is 16.4. The first-order chi connectivity index (χ1) is 9.41. The lowest BCUT2D eigenvalue weighted by Gasteiger charge is -2.07. The lowest BCUT2D eigenvalue weighted by Crippen LogP contribution is -2.35. The topological polar surface area (TPSA) is 70.6 Å². The number of rotatable bonds is 5. The van der Waals surface area contributed by atoms with Crippen molar-refractivity contribution >= 4 is 33.5 Å². The highest BCUT2D eigenvalue weighted by molar-refractivity contribution is 9.10. The van der Waals surface area contributed by atoms with Gasteiger partial charge in [0.2, 0.25) is 0 Å². The van der Waals surface area contributed by atoms with Gasteiger partial charge in [-0.25, -0.2) is 5.43 Å². The van der Waals surface area contributed by atoms with E-state index >= 15 is 0 Å². The maximum absolute atomic E-state index is 11.9. The summed E-state index contributed by atoms with van der Waals surface area (Å²) >= 11 is 3.29. The average Bonchev–Trinajstić information content (AvgIpc) is 2.42. The zero-order valence-corrected chi connectivity index (χ0v) is 13.3. The third-order valence-electron chi connectivity index (χ3n) is 2.72. The third kappa shape index (κ3) is 5.13. The molecule has 0 bridgehead atoms. The van der Waals surface area contributed by atoms with E-state index in [-0.39, 0.29) is 24.3 Å². The first-order valence-corrected chi connectivity index (χ1v) is 7.07. The normalized spacial score (nSPS) is 11.3. The molecule has 1 aromatic rings. The molecule has 1 rings (SSSR count). The van der Waals surface area contributed by atoms with Crippen LogP contribution < -0.4 is 10.7 Å². The maximum atomic E-state index is 11.9. The number of carbonyl (C=O) groups excluding carboxylic acids is 2. The molecule has 0 radical (unpaired) electrons. The van der Waals surface area contributed by atoms with E-state index in [9.17, 15) is 9.59 Å². The second-order valence-electron chi connectivity index (χ2n) is 4.61. The highest BCUT2D eigenvalue weighted by atomic mass is 79.9. The van der Waals surface area contributed by atoms with Gasteiger partial charge in [-0.1, -0.05) is 26.0 Å². The van der Waals surface area contributed by atoms with Crippen LogP contribution >= 0.6 is 15.9 Å². The number of hydrogen-bond acceptors (Lipinski definition) is 3. The molecular formula is C14H18BrN3O2. The van der Waals surface area contributed by atoms with E-state index in [2.05, 4.69) is 31.8 Å². The van der Waals surface area contributed by atoms with Crippen LogP contribution in [0.2, 0.25) is 0 Å². The molecule has 0 aliphatic carbocycles. The number of benzene rings is 1. The van der Waals surface area contributed by atoms with Crippen LogP contribution in [-0.4, -0.2) is 24.1 Å². The molecule has 108 valence electrons. The Labute approximate surface area is 127 Å². The van der Waals surface area contributed by atoms with Crippen LogP contribution in [0.25, 0.3) is 0 Å². The lowest BCUT2D eigenvalue weighted by molar-refractivity contribution is -0.120. The monoisotopic (exact) mass is 339 g/mol. The van der Waals surface area contributed by atoms with E-state index in [1.807, 2.05) is 26.8 Å². The van der Waals surface area contributed by atoms with Crippen molar-refractivity contribution in [2.24, 2.45) is 11.0 Å². The SMILES string of the molecule is C/C(=N/NC(=O)CNC(=O)c1ccccc1Br)C(C)C. The van der Waals surface area contributed by atoms with Crippen molar-refractivity contribution in [3.63, 3.8) is 0 Å². The molecule has 2 amide bonds. The maximum Gasteiger partial charge on any atom is 0.259 e. The average molecular weight is 340 g/mol. The van der Waals surface area contributed by atoms with Gasteiger partial charge in [0.15, 0.2) is 0 Å². The summed E-state index contributed by atoms with van der Waals surface area (Å²) in [5, 5.41) is 6.49. The number of carbonyl (C=O) groups is 2. The van der Waals surface area contributed by atoms with E-state index < -0.39 is 0 Å². The summed E-state index contributed by atoms with van der Waals surface area (Å²) < 4.78 is 0.687. The van der Waals surface area contributed by atoms with Crippen molar-refractivity contribution in [1.82, 2.24) is 10.7 Å². The second kappa shape index (κ2) is 7.79. The summed E-state index contributed by atoms with van der Waals surface area (Å²) in [6.45, 7) is 5.69. The smallest absolute Gasteiger partial charge is 0.259 e. The van der Waals surface area contributed by atoms with Crippen molar-refractivity contribution in [3.05, 3.63) is 34.3 Å². The van der Waals surface area contributed by atoms with E-state index in [0.717, 1.165) is 5.71 Å². The molecule has 0 fully saturated rings. The van der Waals surface area contributed by atoms with Gasteiger partial charge in [0.25, 0.3) is 11.8 Å². The third-order valence-corrected chi connectivity index (χ3v) is 3.41. The second-order valence-corrected chi connectivity index (χ2v) is 5.46. The zero-order chi connectivity index (χ0) is 15.1. The lowest BCUT2D eigenvalue weighted by atomic mass is 10.1. The first-order valence-electron chi connectivity index (χ1n) is 6.27. The van der Waals surface area contributed by atoms with Crippen molar-refractivity contribution in [2.75, 3.05) is 6.54 Å². The van der Waals surface area contributed by atoms with E-state index in [4.69, 9.17) is 0 Å². The Kier molecular flexibility index (Phi) is 6.38. The predicted molar refractivity (Wildman–Crippen MR) is 82.6 cm³/mol. The molecule has 0 saturated heterocycles. The van der Waals surface area contributed by atoms with Crippen LogP contribution in [-0.2, 0) is 4.79 Å². The molecule has 0 unspecified atom stereocenters. The molecule has 1 aromatic carbocycles.